The topological polar surface area (TPSA) is 53.1 Å². The van der Waals surface area contributed by atoms with E-state index in [4.69, 9.17) is 0 Å². The van der Waals surface area contributed by atoms with Gasteiger partial charge in [-0.15, -0.1) is 11.3 Å². The Balaban J connectivity index is 1.71. The van der Waals surface area contributed by atoms with Crippen molar-refractivity contribution in [1.82, 2.24) is 14.9 Å². The molecule has 6 heteroatoms. The molecule has 0 radical (unpaired) electrons. The lowest BCUT2D eigenvalue weighted by molar-refractivity contribution is 0.226. The molecular weight excluding hydrogens is 282 g/mol. The zero-order valence-electron chi connectivity index (χ0n) is 12.7. The van der Waals surface area contributed by atoms with Gasteiger partial charge in [0.2, 0.25) is 5.95 Å². The van der Waals surface area contributed by atoms with Crippen LogP contribution in [0.2, 0.25) is 0 Å². The van der Waals surface area contributed by atoms with Gasteiger partial charge in [-0.1, -0.05) is 0 Å². The number of nitrogens with one attached hydrogen (secondary N) is 2. The number of hydrogen-bond donors (Lipinski definition) is 2. The van der Waals surface area contributed by atoms with E-state index in [1.807, 2.05) is 0 Å². The minimum atomic E-state index is 0.721. The van der Waals surface area contributed by atoms with Crippen molar-refractivity contribution in [2.75, 3.05) is 43.9 Å². The number of aromatic nitrogens is 2. The van der Waals surface area contributed by atoms with Gasteiger partial charge in [-0.05, 0) is 57.3 Å². The summed E-state index contributed by atoms with van der Waals surface area (Å²) in [6, 6.07) is 2.10. The maximum atomic E-state index is 4.63. The van der Waals surface area contributed by atoms with Crippen molar-refractivity contribution in [2.45, 2.75) is 19.8 Å². The van der Waals surface area contributed by atoms with Gasteiger partial charge in [0.15, 0.2) is 0 Å². The molecule has 1 saturated heterocycles. The van der Waals surface area contributed by atoms with Crippen LogP contribution in [-0.2, 0) is 0 Å². The highest BCUT2D eigenvalue weighted by Crippen LogP contribution is 2.27. The molecule has 21 heavy (non-hydrogen) atoms. The maximum Gasteiger partial charge on any atom is 0.226 e. The number of piperidine rings is 1. The second-order valence-corrected chi connectivity index (χ2v) is 6.59. The Morgan fingerprint density at radius 1 is 1.29 bits per heavy atom. The van der Waals surface area contributed by atoms with E-state index in [2.05, 4.69) is 50.9 Å². The van der Waals surface area contributed by atoms with E-state index >= 15 is 0 Å². The average Bonchev–Trinajstić information content (AvgIpc) is 2.95. The van der Waals surface area contributed by atoms with Crippen LogP contribution < -0.4 is 10.6 Å². The zero-order chi connectivity index (χ0) is 14.7. The first-order valence-corrected chi connectivity index (χ1v) is 8.55. The second-order valence-electron chi connectivity index (χ2n) is 5.69. The number of anilines is 2. The minimum Gasteiger partial charge on any atom is -0.369 e. The highest BCUT2D eigenvalue weighted by molar-refractivity contribution is 7.16. The van der Waals surface area contributed by atoms with Crippen LogP contribution in [-0.4, -0.2) is 48.1 Å². The van der Waals surface area contributed by atoms with Gasteiger partial charge in [-0.25, -0.2) is 4.98 Å². The lowest BCUT2D eigenvalue weighted by Gasteiger charge is -2.29. The Morgan fingerprint density at radius 2 is 2.10 bits per heavy atom. The van der Waals surface area contributed by atoms with E-state index in [9.17, 15) is 0 Å². The summed E-state index contributed by atoms with van der Waals surface area (Å²) in [5.74, 6) is 2.43. The van der Waals surface area contributed by atoms with Crippen LogP contribution in [0.15, 0.2) is 11.4 Å². The van der Waals surface area contributed by atoms with Crippen molar-refractivity contribution in [1.29, 1.82) is 0 Å². The molecule has 2 N–H and O–H groups in total. The highest BCUT2D eigenvalue weighted by atomic mass is 32.1. The van der Waals surface area contributed by atoms with E-state index < -0.39 is 0 Å². The number of hydrogen-bond acceptors (Lipinski definition) is 6. The van der Waals surface area contributed by atoms with Crippen molar-refractivity contribution in [3.63, 3.8) is 0 Å². The molecule has 2 aromatic heterocycles. The van der Waals surface area contributed by atoms with E-state index in [0.717, 1.165) is 41.0 Å². The minimum absolute atomic E-state index is 0.721. The van der Waals surface area contributed by atoms with Crippen LogP contribution in [0, 0.1) is 5.92 Å². The molecule has 114 valence electrons. The number of fused-ring (bicyclic) bond motifs is 1. The molecule has 2 aromatic rings. The first-order chi connectivity index (χ1) is 10.3. The van der Waals surface area contributed by atoms with Crippen LogP contribution >= 0.6 is 11.3 Å². The van der Waals surface area contributed by atoms with Gasteiger partial charge in [0.25, 0.3) is 0 Å². The van der Waals surface area contributed by atoms with Crippen LogP contribution in [0.25, 0.3) is 10.2 Å². The van der Waals surface area contributed by atoms with Crippen LogP contribution in [0.1, 0.15) is 19.8 Å². The van der Waals surface area contributed by atoms with E-state index in [-0.39, 0.29) is 0 Å². The number of rotatable bonds is 5. The molecule has 3 rings (SSSR count). The first-order valence-electron chi connectivity index (χ1n) is 7.67. The van der Waals surface area contributed by atoms with Crippen LogP contribution in [0.4, 0.5) is 11.8 Å². The molecule has 5 nitrogen and oxygen atoms in total. The quantitative estimate of drug-likeness (QED) is 0.889. The van der Waals surface area contributed by atoms with Crippen LogP contribution in [0.5, 0.6) is 0 Å². The molecule has 3 heterocycles. The van der Waals surface area contributed by atoms with E-state index in [0.29, 0.717) is 0 Å². The summed E-state index contributed by atoms with van der Waals surface area (Å²) in [4.78, 5) is 12.6. The van der Waals surface area contributed by atoms with Crippen molar-refractivity contribution < 1.29 is 0 Å². The summed E-state index contributed by atoms with van der Waals surface area (Å²) >= 11 is 1.67. The Hall–Kier alpha value is -1.40. The SMILES string of the molecule is CCNc1nc(NCC2CCN(C)CC2)c2ccsc2n1. The van der Waals surface area contributed by atoms with Crippen molar-refractivity contribution in [3.05, 3.63) is 11.4 Å². The monoisotopic (exact) mass is 305 g/mol. The van der Waals surface area contributed by atoms with E-state index in [1.54, 1.807) is 11.3 Å². The molecule has 0 bridgehead atoms. The summed E-state index contributed by atoms with van der Waals surface area (Å²) in [6.45, 7) is 6.31. The van der Waals surface area contributed by atoms with Gasteiger partial charge in [0.1, 0.15) is 10.6 Å². The lowest BCUT2D eigenvalue weighted by Crippen LogP contribution is -2.33. The van der Waals surface area contributed by atoms with Gasteiger partial charge in [-0.3, -0.25) is 0 Å². The molecule has 0 atom stereocenters. The molecule has 0 saturated carbocycles. The zero-order valence-corrected chi connectivity index (χ0v) is 13.5. The van der Waals surface area contributed by atoms with Gasteiger partial charge in [-0.2, -0.15) is 4.98 Å². The van der Waals surface area contributed by atoms with Crippen LogP contribution in [0.3, 0.4) is 0 Å². The summed E-state index contributed by atoms with van der Waals surface area (Å²) in [5, 5.41) is 9.98. The molecule has 0 aromatic carbocycles. The standard InChI is InChI=1S/C15H23N5S/c1-3-16-15-18-13(12-6-9-21-14(12)19-15)17-10-11-4-7-20(2)8-5-11/h6,9,11H,3-5,7-8,10H2,1-2H3,(H2,16,17,18,19). The smallest absolute Gasteiger partial charge is 0.226 e. The molecular formula is C15H23N5S. The Morgan fingerprint density at radius 3 is 2.86 bits per heavy atom. The predicted molar refractivity (Wildman–Crippen MR) is 90.3 cm³/mol. The molecule has 0 unspecified atom stereocenters. The largest absolute Gasteiger partial charge is 0.369 e. The highest BCUT2D eigenvalue weighted by Gasteiger charge is 2.17. The Kier molecular flexibility index (Phi) is 4.55. The molecule has 0 aliphatic carbocycles. The molecule has 1 aliphatic heterocycles. The third kappa shape index (κ3) is 3.44. The number of thiophene rings is 1. The molecule has 1 fully saturated rings. The summed E-state index contributed by atoms with van der Waals surface area (Å²) < 4.78 is 0. The fourth-order valence-corrected chi connectivity index (χ4v) is 3.50. The number of nitrogens with zero attached hydrogens (tertiary/aromatic N) is 3. The van der Waals surface area contributed by atoms with E-state index in [1.165, 1.54) is 25.9 Å². The summed E-state index contributed by atoms with van der Waals surface area (Å²) in [6.07, 6.45) is 2.53. The molecule has 0 amide bonds. The fraction of sp³-hybridized carbons (Fsp3) is 0.600. The third-order valence-corrected chi connectivity index (χ3v) is 4.86. The Labute approximate surface area is 129 Å². The number of likely N-dealkylation sites (tertiary alicyclic amines) is 1. The molecule has 1 aliphatic rings. The second kappa shape index (κ2) is 6.58. The van der Waals surface area contributed by atoms with Crippen molar-refractivity contribution in [3.8, 4) is 0 Å². The van der Waals surface area contributed by atoms with Gasteiger partial charge >= 0.3 is 0 Å². The van der Waals surface area contributed by atoms with Gasteiger partial charge in [0.05, 0.1) is 5.39 Å². The van der Waals surface area contributed by atoms with Gasteiger partial charge < -0.3 is 15.5 Å². The Bertz CT molecular complexity index is 589. The maximum absolute atomic E-state index is 4.63. The lowest BCUT2D eigenvalue weighted by atomic mass is 9.97. The fourth-order valence-electron chi connectivity index (χ4n) is 2.73. The van der Waals surface area contributed by atoms with Crippen molar-refractivity contribution in [2.24, 2.45) is 5.92 Å². The average molecular weight is 305 g/mol. The third-order valence-electron chi connectivity index (χ3n) is 4.06. The van der Waals surface area contributed by atoms with Gasteiger partial charge in [0, 0.05) is 13.1 Å². The predicted octanol–water partition coefficient (Wildman–Crippen LogP) is 2.88. The summed E-state index contributed by atoms with van der Waals surface area (Å²) in [5.41, 5.74) is 0. The molecule has 0 spiro atoms. The summed E-state index contributed by atoms with van der Waals surface area (Å²) in [7, 11) is 2.20. The first kappa shape index (κ1) is 14.5. The van der Waals surface area contributed by atoms with Crippen molar-refractivity contribution >= 4 is 33.3 Å². The normalized spacial score (nSPS) is 17.2.